The van der Waals surface area contributed by atoms with Crippen molar-refractivity contribution < 1.29 is 9.53 Å². The molecule has 1 aliphatic carbocycles. The maximum absolute atomic E-state index is 13.0. The molecule has 1 aliphatic rings. The van der Waals surface area contributed by atoms with Gasteiger partial charge in [0.05, 0.1) is 12.6 Å². The molecule has 9 nitrogen and oxygen atoms in total. The van der Waals surface area contributed by atoms with E-state index in [1.165, 1.54) is 17.5 Å². The van der Waals surface area contributed by atoms with Crippen molar-refractivity contribution in [3.63, 3.8) is 0 Å². The van der Waals surface area contributed by atoms with E-state index in [2.05, 4.69) is 38.4 Å². The zero-order chi connectivity index (χ0) is 23.4. The van der Waals surface area contributed by atoms with E-state index in [-0.39, 0.29) is 24.1 Å². The molecular weight excluding hydrogens is 420 g/mol. The first-order chi connectivity index (χ1) is 16.0. The number of ether oxygens (including phenoxy) is 1. The summed E-state index contributed by atoms with van der Waals surface area (Å²) in [6.07, 6.45) is 5.23. The summed E-state index contributed by atoms with van der Waals surface area (Å²) in [6.45, 7) is 6.66. The molecule has 0 saturated heterocycles. The summed E-state index contributed by atoms with van der Waals surface area (Å²) in [6, 6.07) is 8.29. The molecular formula is C24H32N6O3. The van der Waals surface area contributed by atoms with Gasteiger partial charge in [-0.2, -0.15) is 0 Å². The predicted octanol–water partition coefficient (Wildman–Crippen LogP) is 3.28. The van der Waals surface area contributed by atoms with Crippen LogP contribution < -0.4 is 5.56 Å². The molecule has 3 aromatic rings. The van der Waals surface area contributed by atoms with Gasteiger partial charge in [0.25, 0.3) is 5.56 Å². The first kappa shape index (κ1) is 23.1. The van der Waals surface area contributed by atoms with Gasteiger partial charge in [-0.05, 0) is 66.6 Å². The SMILES string of the molecule is CCOC(=O)Cn1nnnc1[C@@H](CC)N(Cc1cc2ccc(C)cc2[nH]c1=O)C1CCCC1. The van der Waals surface area contributed by atoms with Crippen LogP contribution in [0.25, 0.3) is 10.9 Å². The first-order valence-electron chi connectivity index (χ1n) is 11.8. The number of benzene rings is 1. The number of H-pyrrole nitrogens is 1. The number of fused-ring (bicyclic) bond motifs is 1. The standard InChI is InChI=1S/C24H32N6O3/c1-4-21(23-26-27-28-30(23)15-22(31)33-5-2)29(19-8-6-7-9-19)14-18-13-17-11-10-16(3)12-20(17)25-24(18)32/h10-13,19,21H,4-9,14-15H2,1-3H3,(H,25,32)/t21-/m1/s1. The Kier molecular flexibility index (Phi) is 7.17. The molecule has 1 atom stereocenters. The summed E-state index contributed by atoms with van der Waals surface area (Å²) < 4.78 is 6.62. The number of carbonyl (C=O) groups is 1. The molecule has 0 bridgehead atoms. The largest absolute Gasteiger partial charge is 0.465 e. The number of carbonyl (C=O) groups excluding carboxylic acids is 1. The van der Waals surface area contributed by atoms with Crippen LogP contribution in [-0.4, -0.2) is 48.7 Å². The Morgan fingerprint density at radius 3 is 2.79 bits per heavy atom. The van der Waals surface area contributed by atoms with Gasteiger partial charge >= 0.3 is 5.97 Å². The molecule has 1 fully saturated rings. The topological polar surface area (TPSA) is 106 Å². The lowest BCUT2D eigenvalue weighted by Gasteiger charge is -2.35. The van der Waals surface area contributed by atoms with E-state index in [0.717, 1.165) is 41.3 Å². The molecule has 1 saturated carbocycles. The van der Waals surface area contributed by atoms with E-state index in [1.807, 2.05) is 25.1 Å². The van der Waals surface area contributed by atoms with Gasteiger partial charge in [0.15, 0.2) is 5.82 Å². The van der Waals surface area contributed by atoms with E-state index in [9.17, 15) is 9.59 Å². The van der Waals surface area contributed by atoms with Crippen LogP contribution in [0.4, 0.5) is 0 Å². The van der Waals surface area contributed by atoms with Crippen molar-refractivity contribution >= 4 is 16.9 Å². The maximum atomic E-state index is 13.0. The second kappa shape index (κ2) is 10.2. The van der Waals surface area contributed by atoms with Gasteiger partial charge in [-0.3, -0.25) is 14.5 Å². The highest BCUT2D eigenvalue weighted by Crippen LogP contribution is 2.33. The van der Waals surface area contributed by atoms with Gasteiger partial charge < -0.3 is 9.72 Å². The van der Waals surface area contributed by atoms with Crippen molar-refractivity contribution in [1.82, 2.24) is 30.1 Å². The molecule has 0 amide bonds. The van der Waals surface area contributed by atoms with Crippen molar-refractivity contribution in [2.24, 2.45) is 0 Å². The van der Waals surface area contributed by atoms with Crippen molar-refractivity contribution in [1.29, 1.82) is 0 Å². The summed E-state index contributed by atoms with van der Waals surface area (Å²) in [5.41, 5.74) is 2.61. The zero-order valence-corrected chi connectivity index (χ0v) is 19.6. The van der Waals surface area contributed by atoms with Gasteiger partial charge in [-0.25, -0.2) is 4.68 Å². The van der Waals surface area contributed by atoms with Crippen LogP contribution in [0.15, 0.2) is 29.1 Å². The number of esters is 1. The summed E-state index contributed by atoms with van der Waals surface area (Å²) in [4.78, 5) is 30.5. The monoisotopic (exact) mass is 452 g/mol. The molecule has 4 rings (SSSR count). The van der Waals surface area contributed by atoms with Crippen LogP contribution in [0.3, 0.4) is 0 Å². The smallest absolute Gasteiger partial charge is 0.327 e. The third kappa shape index (κ3) is 5.13. The van der Waals surface area contributed by atoms with Gasteiger partial charge in [-0.15, -0.1) is 5.10 Å². The molecule has 33 heavy (non-hydrogen) atoms. The van der Waals surface area contributed by atoms with Crippen LogP contribution in [0.1, 0.15) is 68.9 Å². The number of tetrazole rings is 1. The number of pyridine rings is 1. The Hall–Kier alpha value is -3.07. The average molecular weight is 453 g/mol. The molecule has 0 unspecified atom stereocenters. The van der Waals surface area contributed by atoms with Crippen molar-refractivity contribution in [2.45, 2.75) is 78.0 Å². The van der Waals surface area contributed by atoms with Gasteiger partial charge in [0.2, 0.25) is 0 Å². The molecule has 9 heteroatoms. The Labute approximate surface area is 193 Å². The number of nitrogens with zero attached hydrogens (tertiary/aromatic N) is 5. The minimum absolute atomic E-state index is 0.0267. The molecule has 0 spiro atoms. The van der Waals surface area contributed by atoms with Crippen LogP contribution in [0.5, 0.6) is 0 Å². The van der Waals surface area contributed by atoms with Crippen molar-refractivity contribution in [2.75, 3.05) is 6.61 Å². The number of aromatic nitrogens is 5. The number of nitrogens with one attached hydrogen (secondary N) is 1. The Bertz CT molecular complexity index is 1160. The molecule has 1 N–H and O–H groups in total. The van der Waals surface area contributed by atoms with E-state index in [0.29, 0.717) is 25.0 Å². The van der Waals surface area contributed by atoms with Gasteiger partial charge in [-0.1, -0.05) is 31.9 Å². The summed E-state index contributed by atoms with van der Waals surface area (Å²) >= 11 is 0. The lowest BCUT2D eigenvalue weighted by atomic mass is 10.0. The van der Waals surface area contributed by atoms with Crippen LogP contribution in [0, 0.1) is 6.92 Å². The second-order valence-electron chi connectivity index (χ2n) is 8.75. The van der Waals surface area contributed by atoms with Crippen molar-refractivity contribution in [3.05, 3.63) is 51.6 Å². The second-order valence-corrected chi connectivity index (χ2v) is 8.75. The molecule has 1 aromatic carbocycles. The van der Waals surface area contributed by atoms with E-state index >= 15 is 0 Å². The number of rotatable bonds is 9. The summed E-state index contributed by atoms with van der Waals surface area (Å²) in [5.74, 6) is 0.264. The molecule has 0 radical (unpaired) electrons. The number of hydrogen-bond acceptors (Lipinski definition) is 7. The average Bonchev–Trinajstić information content (AvgIpc) is 3.47. The number of aryl methyl sites for hydroxylation is 1. The minimum atomic E-state index is -0.366. The van der Waals surface area contributed by atoms with Crippen LogP contribution >= 0.6 is 0 Å². The molecule has 2 heterocycles. The fourth-order valence-electron chi connectivity index (χ4n) is 4.86. The van der Waals surface area contributed by atoms with E-state index < -0.39 is 0 Å². The van der Waals surface area contributed by atoms with E-state index in [1.54, 1.807) is 6.92 Å². The lowest BCUT2D eigenvalue weighted by Crippen LogP contribution is -2.39. The van der Waals surface area contributed by atoms with E-state index in [4.69, 9.17) is 4.74 Å². The fourth-order valence-corrected chi connectivity index (χ4v) is 4.86. The summed E-state index contributed by atoms with van der Waals surface area (Å²) in [5, 5.41) is 13.2. The Morgan fingerprint density at radius 1 is 1.27 bits per heavy atom. The zero-order valence-electron chi connectivity index (χ0n) is 19.6. The highest BCUT2D eigenvalue weighted by Gasteiger charge is 2.33. The first-order valence-corrected chi connectivity index (χ1v) is 11.8. The normalized spacial score (nSPS) is 15.4. The Balaban J connectivity index is 1.68. The fraction of sp³-hybridized carbons (Fsp3) is 0.542. The molecule has 2 aromatic heterocycles. The third-order valence-electron chi connectivity index (χ3n) is 6.45. The third-order valence-corrected chi connectivity index (χ3v) is 6.45. The highest BCUT2D eigenvalue weighted by molar-refractivity contribution is 5.79. The van der Waals surface area contributed by atoms with Crippen molar-refractivity contribution in [3.8, 4) is 0 Å². The summed E-state index contributed by atoms with van der Waals surface area (Å²) in [7, 11) is 0. The van der Waals surface area contributed by atoms with Crippen LogP contribution in [0.2, 0.25) is 0 Å². The quantitative estimate of drug-likeness (QED) is 0.497. The van der Waals surface area contributed by atoms with Gasteiger partial charge in [0.1, 0.15) is 6.54 Å². The minimum Gasteiger partial charge on any atom is -0.465 e. The predicted molar refractivity (Wildman–Crippen MR) is 125 cm³/mol. The number of hydrogen-bond donors (Lipinski definition) is 1. The Morgan fingerprint density at radius 2 is 2.06 bits per heavy atom. The van der Waals surface area contributed by atoms with Gasteiger partial charge in [0, 0.05) is 23.7 Å². The molecule has 0 aliphatic heterocycles. The highest BCUT2D eigenvalue weighted by atomic mass is 16.5. The number of aromatic amines is 1. The van der Waals surface area contributed by atoms with Crippen LogP contribution in [-0.2, 0) is 22.6 Å². The molecule has 176 valence electrons. The maximum Gasteiger partial charge on any atom is 0.327 e. The lowest BCUT2D eigenvalue weighted by molar-refractivity contribution is -0.144.